The monoisotopic (exact) mass is 729 g/mol. The molecule has 0 radical (unpaired) electrons. The molecule has 1 aliphatic rings. The molecule has 5 rings (SSSR count). The van der Waals surface area contributed by atoms with E-state index in [4.69, 9.17) is 42.1 Å². The number of halogens is 2. The van der Waals surface area contributed by atoms with Crippen LogP contribution in [0, 0.1) is 0 Å². The van der Waals surface area contributed by atoms with Crippen LogP contribution < -0.4 is 19.8 Å². The third kappa shape index (κ3) is 10.4. The quantitative estimate of drug-likeness (QED) is 0.133. The molecule has 262 valence electrons. The first kappa shape index (κ1) is 38.1. The van der Waals surface area contributed by atoms with Crippen molar-refractivity contribution in [2.45, 2.75) is 44.4 Å². The van der Waals surface area contributed by atoms with E-state index in [9.17, 15) is 9.59 Å². The number of thiophene rings is 1. The van der Waals surface area contributed by atoms with Gasteiger partial charge in [0.25, 0.3) is 0 Å². The zero-order chi connectivity index (χ0) is 33.9. The molecule has 1 unspecified atom stereocenters. The molecule has 3 N–H and O–H groups in total. The Morgan fingerprint density at radius 2 is 1.63 bits per heavy atom. The molecular formula is C36H41Cl2N3O7S. The molecule has 2 atom stereocenters. The van der Waals surface area contributed by atoms with E-state index in [-0.39, 0.29) is 17.9 Å². The van der Waals surface area contributed by atoms with Crippen molar-refractivity contribution in [1.29, 1.82) is 0 Å². The molecule has 10 nitrogen and oxygen atoms in total. The molecule has 0 saturated carbocycles. The van der Waals surface area contributed by atoms with Crippen molar-refractivity contribution in [2.24, 2.45) is 0 Å². The van der Waals surface area contributed by atoms with Crippen molar-refractivity contribution in [3.8, 4) is 11.5 Å². The Morgan fingerprint density at radius 1 is 0.918 bits per heavy atom. The SMILES string of the molecule is COc1ccc([C@H](Cc2c(Cl)c[nH+]cc2Cl)OC(=O)c2ccc(CNC(C(=O)OCCN3CCCCC3)c3ccccc3)s2)cc1OC.[OH-]. The number of carbonyl (C=O) groups is 2. The Morgan fingerprint density at radius 3 is 2.33 bits per heavy atom. The van der Waals surface area contributed by atoms with Crippen LogP contribution in [0.25, 0.3) is 0 Å². The lowest BCUT2D eigenvalue weighted by molar-refractivity contribution is -0.377. The lowest BCUT2D eigenvalue weighted by Crippen LogP contribution is -2.35. The number of benzene rings is 2. The number of hydrogen-bond acceptors (Lipinski definition) is 10. The molecule has 1 aliphatic heterocycles. The molecular weight excluding hydrogens is 689 g/mol. The first-order valence-corrected chi connectivity index (χ1v) is 17.5. The Kier molecular flexibility index (Phi) is 14.7. The number of nitrogens with one attached hydrogen (secondary N) is 2. The van der Waals surface area contributed by atoms with Gasteiger partial charge in [-0.2, -0.15) is 0 Å². The highest BCUT2D eigenvalue weighted by molar-refractivity contribution is 7.13. The molecule has 13 heteroatoms. The van der Waals surface area contributed by atoms with Crippen LogP contribution in [0.2, 0.25) is 10.0 Å². The Hall–Kier alpha value is -3.71. The number of aromatic nitrogens is 1. The molecule has 3 heterocycles. The highest BCUT2D eigenvalue weighted by Gasteiger charge is 2.26. The van der Waals surface area contributed by atoms with Crippen LogP contribution in [0.1, 0.15) is 62.6 Å². The largest absolute Gasteiger partial charge is 0.870 e. The first-order chi connectivity index (χ1) is 23.4. The van der Waals surface area contributed by atoms with E-state index in [1.54, 1.807) is 44.8 Å². The Balaban J connectivity index is 0.00000541. The summed E-state index contributed by atoms with van der Waals surface area (Å²) in [5.74, 6) is 0.212. The number of carbonyl (C=O) groups excluding carboxylic acids is 2. The Labute approximate surface area is 300 Å². The second-order valence-electron chi connectivity index (χ2n) is 11.4. The van der Waals surface area contributed by atoms with Crippen LogP contribution in [0.4, 0.5) is 0 Å². The summed E-state index contributed by atoms with van der Waals surface area (Å²) >= 11 is 14.2. The summed E-state index contributed by atoms with van der Waals surface area (Å²) < 4.78 is 22.7. The predicted octanol–water partition coefficient (Wildman–Crippen LogP) is 6.71. The Bertz CT molecular complexity index is 1650. The maximum Gasteiger partial charge on any atom is 0.348 e. The number of rotatable bonds is 15. The standard InChI is InChI=1S/C36H39Cl2N3O6S.H2O/c1-44-30-13-11-25(19-32(30)45-2)31(20-27-28(37)22-39-23-29(27)38)47-35(42)33-14-12-26(48-33)21-40-34(24-9-5-3-6-10-24)36(43)46-18-17-41-15-7-4-8-16-41;/h3,5-6,9-14,19,22-23,31,34,40H,4,7-8,15-18,20-21H2,1-2H3;1H2/t31-,34?;/m0./s1. The zero-order valence-corrected chi connectivity index (χ0v) is 29.8. The van der Waals surface area contributed by atoms with Crippen LogP contribution in [0.15, 0.2) is 73.1 Å². The minimum Gasteiger partial charge on any atom is -0.870 e. The van der Waals surface area contributed by atoms with E-state index in [2.05, 4.69) is 15.2 Å². The molecule has 1 fully saturated rings. The van der Waals surface area contributed by atoms with Gasteiger partial charge in [0.05, 0.1) is 14.2 Å². The van der Waals surface area contributed by atoms with Crippen molar-refractivity contribution < 1.29 is 39.0 Å². The van der Waals surface area contributed by atoms with Crippen molar-refractivity contribution in [2.75, 3.05) is 40.5 Å². The second-order valence-corrected chi connectivity index (χ2v) is 13.4. The zero-order valence-electron chi connectivity index (χ0n) is 27.5. The summed E-state index contributed by atoms with van der Waals surface area (Å²) in [7, 11) is 3.10. The number of methoxy groups -OCH3 is 2. The minimum absolute atomic E-state index is 0. The maximum absolute atomic E-state index is 13.6. The number of pyridine rings is 1. The number of ether oxygens (including phenoxy) is 4. The molecule has 0 aliphatic carbocycles. The van der Waals surface area contributed by atoms with Crippen molar-refractivity contribution in [1.82, 2.24) is 10.2 Å². The molecule has 4 aromatic rings. The summed E-state index contributed by atoms with van der Waals surface area (Å²) in [4.78, 5) is 33.3. The van der Waals surface area contributed by atoms with Gasteiger partial charge in [0.1, 0.15) is 33.7 Å². The molecule has 0 amide bonds. The van der Waals surface area contributed by atoms with E-state index in [0.29, 0.717) is 50.7 Å². The van der Waals surface area contributed by atoms with Crippen LogP contribution in [0.3, 0.4) is 0 Å². The highest BCUT2D eigenvalue weighted by atomic mass is 35.5. The third-order valence-electron chi connectivity index (χ3n) is 8.23. The fourth-order valence-corrected chi connectivity index (χ4v) is 7.01. The summed E-state index contributed by atoms with van der Waals surface area (Å²) in [6, 6.07) is 17.8. The number of aromatic amines is 1. The average molecular weight is 731 g/mol. The van der Waals surface area contributed by atoms with Gasteiger partial charge in [-0.1, -0.05) is 66.0 Å². The predicted molar refractivity (Wildman–Crippen MR) is 188 cm³/mol. The highest BCUT2D eigenvalue weighted by Crippen LogP contribution is 2.35. The summed E-state index contributed by atoms with van der Waals surface area (Å²) in [5.41, 5.74) is 2.13. The fourth-order valence-electron chi connectivity index (χ4n) is 5.63. The first-order valence-electron chi connectivity index (χ1n) is 15.9. The fraction of sp³-hybridized carbons (Fsp3) is 0.361. The smallest absolute Gasteiger partial charge is 0.348 e. The summed E-state index contributed by atoms with van der Waals surface area (Å²) in [5, 5.41) is 4.19. The topological polar surface area (TPSA) is 130 Å². The molecule has 49 heavy (non-hydrogen) atoms. The molecule has 2 aromatic heterocycles. The number of esters is 2. The van der Waals surface area contributed by atoms with Gasteiger partial charge in [-0.05, 0) is 61.3 Å². The lowest BCUT2D eigenvalue weighted by atomic mass is 10.0. The molecule has 0 bridgehead atoms. The summed E-state index contributed by atoms with van der Waals surface area (Å²) in [6.07, 6.45) is 6.37. The molecule has 2 aromatic carbocycles. The second kappa shape index (κ2) is 18.9. The van der Waals surface area contributed by atoms with Gasteiger partial charge in [0, 0.05) is 30.0 Å². The van der Waals surface area contributed by atoms with E-state index >= 15 is 0 Å². The van der Waals surface area contributed by atoms with E-state index < -0.39 is 18.1 Å². The third-order valence-corrected chi connectivity index (χ3v) is 9.97. The van der Waals surface area contributed by atoms with Crippen molar-refractivity contribution in [3.63, 3.8) is 0 Å². The van der Waals surface area contributed by atoms with E-state index in [1.807, 2.05) is 42.5 Å². The van der Waals surface area contributed by atoms with Gasteiger partial charge in [-0.25, -0.2) is 14.6 Å². The van der Waals surface area contributed by atoms with Crippen molar-refractivity contribution in [3.05, 3.63) is 110 Å². The molecule has 0 spiro atoms. The van der Waals surface area contributed by atoms with Gasteiger partial charge < -0.3 is 24.4 Å². The minimum atomic E-state index is -0.736. The normalized spacial score (nSPS) is 14.3. The number of hydrogen-bond donors (Lipinski definition) is 1. The van der Waals surface area contributed by atoms with Crippen molar-refractivity contribution >= 4 is 46.5 Å². The van der Waals surface area contributed by atoms with Gasteiger partial charge in [0.15, 0.2) is 23.9 Å². The lowest BCUT2D eigenvalue weighted by Gasteiger charge is -2.26. The summed E-state index contributed by atoms with van der Waals surface area (Å²) in [6.45, 7) is 3.52. The van der Waals surface area contributed by atoms with Gasteiger partial charge in [0.2, 0.25) is 0 Å². The van der Waals surface area contributed by atoms with Crippen LogP contribution in [-0.4, -0.2) is 62.8 Å². The van der Waals surface area contributed by atoms with Gasteiger partial charge in [-0.15, -0.1) is 11.3 Å². The van der Waals surface area contributed by atoms with Crippen LogP contribution in [-0.2, 0) is 27.2 Å². The van der Waals surface area contributed by atoms with Crippen LogP contribution in [0.5, 0.6) is 11.5 Å². The van der Waals surface area contributed by atoms with Gasteiger partial charge in [-0.3, -0.25) is 10.2 Å². The number of H-pyrrole nitrogens is 1. The maximum atomic E-state index is 13.6. The van der Waals surface area contributed by atoms with Crippen LogP contribution >= 0.6 is 34.5 Å². The molecule has 1 saturated heterocycles. The number of likely N-dealkylation sites (tertiary alicyclic amines) is 1. The number of nitrogens with zero attached hydrogens (tertiary/aromatic N) is 1. The van der Waals surface area contributed by atoms with E-state index in [1.165, 1.54) is 30.6 Å². The average Bonchev–Trinajstić information content (AvgIpc) is 3.59. The van der Waals surface area contributed by atoms with E-state index in [0.717, 1.165) is 30.1 Å². The van der Waals surface area contributed by atoms with Gasteiger partial charge >= 0.3 is 11.9 Å². The number of piperidine rings is 1.